The number of nitrogens with one attached hydrogen (secondary N) is 2. The molecule has 2 heterocycles. The van der Waals surface area contributed by atoms with Gasteiger partial charge in [-0.15, -0.1) is 0 Å². The number of aromatic amines is 1. The number of aliphatic hydroxyl groups is 1. The molecule has 4 heteroatoms. The lowest BCUT2D eigenvalue weighted by molar-refractivity contribution is 0.0498. The van der Waals surface area contributed by atoms with Crippen molar-refractivity contribution in [3.05, 3.63) is 30.1 Å². The molecule has 4 nitrogen and oxygen atoms in total. The Balaban J connectivity index is 1.94. The molecule has 2 aromatic rings. The first kappa shape index (κ1) is 13.1. The van der Waals surface area contributed by atoms with Crippen LogP contribution in [0.15, 0.2) is 24.5 Å². The Bertz CT molecular complexity index is 504. The van der Waals surface area contributed by atoms with Crippen molar-refractivity contribution < 1.29 is 5.11 Å². The van der Waals surface area contributed by atoms with Crippen LogP contribution >= 0.6 is 0 Å². The molecule has 0 aromatic carbocycles. The number of H-pyrrole nitrogens is 1. The van der Waals surface area contributed by atoms with Gasteiger partial charge in [-0.25, -0.2) is 4.98 Å². The van der Waals surface area contributed by atoms with Crippen molar-refractivity contribution in [2.24, 2.45) is 0 Å². The van der Waals surface area contributed by atoms with E-state index in [4.69, 9.17) is 0 Å². The van der Waals surface area contributed by atoms with Crippen molar-refractivity contribution in [3.8, 4) is 0 Å². The molecule has 0 aliphatic carbocycles. The fraction of sp³-hybridized carbons (Fsp3) is 0.500. The smallest absolute Gasteiger partial charge is 0.137 e. The van der Waals surface area contributed by atoms with E-state index in [0.717, 1.165) is 30.4 Å². The summed E-state index contributed by atoms with van der Waals surface area (Å²) in [5, 5.41) is 14.5. The lowest BCUT2D eigenvalue weighted by Crippen LogP contribution is -2.37. The van der Waals surface area contributed by atoms with Crippen molar-refractivity contribution in [3.63, 3.8) is 0 Å². The first-order chi connectivity index (χ1) is 8.62. The second kappa shape index (κ2) is 5.50. The van der Waals surface area contributed by atoms with Crippen LogP contribution in [0.25, 0.3) is 11.0 Å². The van der Waals surface area contributed by atoms with E-state index in [1.54, 1.807) is 6.20 Å². The monoisotopic (exact) mass is 247 g/mol. The molecule has 0 aliphatic rings. The third kappa shape index (κ3) is 3.09. The van der Waals surface area contributed by atoms with Crippen LogP contribution < -0.4 is 5.32 Å². The molecule has 18 heavy (non-hydrogen) atoms. The number of nitrogens with zero attached hydrogens (tertiary/aromatic N) is 1. The summed E-state index contributed by atoms with van der Waals surface area (Å²) in [6.07, 6.45) is 5.56. The molecular weight excluding hydrogens is 226 g/mol. The molecule has 1 unspecified atom stereocenters. The van der Waals surface area contributed by atoms with Crippen LogP contribution in [-0.2, 0) is 6.54 Å². The Labute approximate surface area is 107 Å². The first-order valence-electron chi connectivity index (χ1n) is 6.46. The molecule has 1 atom stereocenters. The fourth-order valence-corrected chi connectivity index (χ4v) is 2.25. The minimum atomic E-state index is -0.626. The summed E-state index contributed by atoms with van der Waals surface area (Å²) in [5.41, 5.74) is 1.47. The van der Waals surface area contributed by atoms with E-state index in [1.807, 2.05) is 19.2 Å². The fourth-order valence-electron chi connectivity index (χ4n) is 2.25. The average Bonchev–Trinajstić information content (AvgIpc) is 2.73. The van der Waals surface area contributed by atoms with Gasteiger partial charge in [0.15, 0.2) is 0 Å². The van der Waals surface area contributed by atoms with Crippen LogP contribution in [-0.4, -0.2) is 27.2 Å². The summed E-state index contributed by atoms with van der Waals surface area (Å²) in [4.78, 5) is 7.40. The predicted molar refractivity (Wildman–Crippen MR) is 73.3 cm³/mol. The van der Waals surface area contributed by atoms with Crippen LogP contribution in [0, 0.1) is 0 Å². The van der Waals surface area contributed by atoms with Crippen LogP contribution in [0.2, 0.25) is 0 Å². The molecule has 0 saturated carbocycles. The molecule has 0 aliphatic heterocycles. The number of rotatable bonds is 6. The number of hydrogen-bond donors (Lipinski definition) is 3. The van der Waals surface area contributed by atoms with E-state index in [2.05, 4.69) is 28.3 Å². The van der Waals surface area contributed by atoms with E-state index in [1.165, 1.54) is 5.56 Å². The summed E-state index contributed by atoms with van der Waals surface area (Å²) in [5.74, 6) is 0. The third-order valence-corrected chi connectivity index (χ3v) is 3.15. The maximum absolute atomic E-state index is 10.1. The largest absolute Gasteiger partial charge is 0.389 e. The van der Waals surface area contributed by atoms with Crippen LogP contribution in [0.1, 0.15) is 32.3 Å². The van der Waals surface area contributed by atoms with Crippen molar-refractivity contribution >= 4 is 11.0 Å². The Morgan fingerprint density at radius 1 is 1.50 bits per heavy atom. The van der Waals surface area contributed by atoms with Gasteiger partial charge in [-0.2, -0.15) is 0 Å². The number of hydrogen-bond acceptors (Lipinski definition) is 3. The van der Waals surface area contributed by atoms with E-state index < -0.39 is 5.60 Å². The zero-order chi connectivity index (χ0) is 13.0. The third-order valence-electron chi connectivity index (χ3n) is 3.15. The molecule has 0 saturated heterocycles. The lowest BCUT2D eigenvalue weighted by Gasteiger charge is -2.22. The minimum absolute atomic E-state index is 0.605. The first-order valence-corrected chi connectivity index (χ1v) is 6.46. The van der Waals surface area contributed by atoms with Crippen molar-refractivity contribution in [1.29, 1.82) is 0 Å². The standard InChI is InChI=1S/C14H21N3O/c1-3-6-14(2,18)10-15-8-11-9-17-13-12(11)5-4-7-16-13/h4-5,7,9,15,18H,3,6,8,10H2,1-2H3,(H,16,17). The van der Waals surface area contributed by atoms with E-state index >= 15 is 0 Å². The molecule has 98 valence electrons. The zero-order valence-electron chi connectivity index (χ0n) is 11.0. The van der Waals surface area contributed by atoms with Crippen LogP contribution in [0.5, 0.6) is 0 Å². The van der Waals surface area contributed by atoms with Gasteiger partial charge >= 0.3 is 0 Å². The summed E-state index contributed by atoms with van der Waals surface area (Å²) in [6, 6.07) is 3.99. The number of pyridine rings is 1. The van der Waals surface area contributed by atoms with Gasteiger partial charge in [0.05, 0.1) is 5.60 Å². The molecule has 2 rings (SSSR count). The Morgan fingerprint density at radius 3 is 3.11 bits per heavy atom. The molecule has 0 bridgehead atoms. The molecule has 2 aromatic heterocycles. The summed E-state index contributed by atoms with van der Waals surface area (Å²) >= 11 is 0. The van der Waals surface area contributed by atoms with Crippen LogP contribution in [0.3, 0.4) is 0 Å². The van der Waals surface area contributed by atoms with E-state index in [9.17, 15) is 5.11 Å². The summed E-state index contributed by atoms with van der Waals surface area (Å²) in [7, 11) is 0. The zero-order valence-corrected chi connectivity index (χ0v) is 11.0. The Kier molecular flexibility index (Phi) is 3.99. The van der Waals surface area contributed by atoms with Crippen molar-refractivity contribution in [2.75, 3.05) is 6.54 Å². The molecule has 0 radical (unpaired) electrons. The number of aromatic nitrogens is 2. The quantitative estimate of drug-likeness (QED) is 0.733. The van der Waals surface area contributed by atoms with Crippen molar-refractivity contribution in [2.45, 2.75) is 38.8 Å². The minimum Gasteiger partial charge on any atom is -0.389 e. The van der Waals surface area contributed by atoms with Gasteiger partial charge in [-0.1, -0.05) is 13.3 Å². The summed E-state index contributed by atoms with van der Waals surface area (Å²) < 4.78 is 0. The lowest BCUT2D eigenvalue weighted by atomic mass is 10.0. The highest BCUT2D eigenvalue weighted by Gasteiger charge is 2.18. The van der Waals surface area contributed by atoms with Gasteiger partial charge in [-0.3, -0.25) is 0 Å². The average molecular weight is 247 g/mol. The van der Waals surface area contributed by atoms with E-state index in [-0.39, 0.29) is 0 Å². The normalized spacial score (nSPS) is 14.8. The van der Waals surface area contributed by atoms with Gasteiger partial charge in [0.1, 0.15) is 5.65 Å². The Morgan fingerprint density at radius 2 is 2.33 bits per heavy atom. The molecular formula is C14H21N3O. The molecule has 0 amide bonds. The maximum Gasteiger partial charge on any atom is 0.137 e. The Hall–Kier alpha value is -1.39. The highest BCUT2D eigenvalue weighted by Crippen LogP contribution is 2.16. The molecule has 0 fully saturated rings. The predicted octanol–water partition coefficient (Wildman–Crippen LogP) is 2.20. The van der Waals surface area contributed by atoms with Crippen molar-refractivity contribution in [1.82, 2.24) is 15.3 Å². The number of fused-ring (bicyclic) bond motifs is 1. The highest BCUT2D eigenvalue weighted by molar-refractivity contribution is 5.79. The highest BCUT2D eigenvalue weighted by atomic mass is 16.3. The van der Waals surface area contributed by atoms with Gasteiger partial charge in [0.2, 0.25) is 0 Å². The second-order valence-electron chi connectivity index (χ2n) is 5.06. The van der Waals surface area contributed by atoms with E-state index in [0.29, 0.717) is 6.54 Å². The second-order valence-corrected chi connectivity index (χ2v) is 5.06. The van der Waals surface area contributed by atoms with Gasteiger partial charge in [0.25, 0.3) is 0 Å². The molecule has 3 N–H and O–H groups in total. The van der Waals surface area contributed by atoms with Gasteiger partial charge in [0, 0.05) is 30.9 Å². The SMILES string of the molecule is CCCC(C)(O)CNCc1c[nH]c2ncccc12. The summed E-state index contributed by atoms with van der Waals surface area (Å²) in [6.45, 7) is 5.30. The topological polar surface area (TPSA) is 60.9 Å². The maximum atomic E-state index is 10.1. The van der Waals surface area contributed by atoms with Gasteiger partial charge < -0.3 is 15.4 Å². The molecule has 0 spiro atoms. The van der Waals surface area contributed by atoms with Gasteiger partial charge in [-0.05, 0) is 31.0 Å². The van der Waals surface area contributed by atoms with Crippen LogP contribution in [0.4, 0.5) is 0 Å².